The summed E-state index contributed by atoms with van der Waals surface area (Å²) in [5.41, 5.74) is 0.449. The Hall–Kier alpha value is -4.72. The van der Waals surface area contributed by atoms with Gasteiger partial charge in [-0.2, -0.15) is 0 Å². The van der Waals surface area contributed by atoms with Crippen LogP contribution in [0, 0.1) is 11.8 Å². The van der Waals surface area contributed by atoms with Crippen LogP contribution in [0.25, 0.3) is 0 Å². The SMILES string of the molecule is CC(C)COC(=O)Oc1cc(OC(=O)OCC(C)C)c2c(c1)O[C@H](c1ccc(OC(=O)O)c(OC(=O)O)c1)[C@H](O)C2. The van der Waals surface area contributed by atoms with Crippen molar-refractivity contribution in [1.29, 1.82) is 0 Å². The number of aliphatic hydroxyl groups is 1. The number of fused-ring (bicyclic) bond motifs is 1. The number of aliphatic hydroxyl groups excluding tert-OH is 1. The van der Waals surface area contributed by atoms with E-state index in [1.54, 1.807) is 0 Å². The normalized spacial score (nSPS) is 15.8. The molecule has 2 aromatic carbocycles. The van der Waals surface area contributed by atoms with Crippen LogP contribution >= 0.6 is 0 Å². The third-order valence-corrected chi connectivity index (χ3v) is 5.31. The molecule has 3 N–H and O–H groups in total. The molecule has 0 fully saturated rings. The monoisotopic (exact) mass is 578 g/mol. The average molecular weight is 579 g/mol. The molecule has 2 aromatic rings. The first-order valence-electron chi connectivity index (χ1n) is 12.5. The van der Waals surface area contributed by atoms with E-state index >= 15 is 0 Å². The molecule has 14 nitrogen and oxygen atoms in total. The highest BCUT2D eigenvalue weighted by atomic mass is 16.7. The Labute approximate surface area is 234 Å². The molecule has 222 valence electrons. The number of carboxylic acid groups (broad SMARTS) is 2. The van der Waals surface area contributed by atoms with Crippen LogP contribution in [-0.2, 0) is 15.9 Å². The summed E-state index contributed by atoms with van der Waals surface area (Å²) in [7, 11) is 0. The lowest BCUT2D eigenvalue weighted by Crippen LogP contribution is -2.31. The molecule has 2 atom stereocenters. The molecule has 0 amide bonds. The third-order valence-electron chi connectivity index (χ3n) is 5.31. The van der Waals surface area contributed by atoms with Crippen LogP contribution in [0.1, 0.15) is 44.9 Å². The van der Waals surface area contributed by atoms with Crippen LogP contribution in [0.5, 0.6) is 28.7 Å². The smallest absolute Gasteiger partial charge is 0.482 e. The van der Waals surface area contributed by atoms with Crippen molar-refractivity contribution in [3.8, 4) is 28.7 Å². The predicted octanol–water partition coefficient (Wildman–Crippen LogP) is 5.18. The van der Waals surface area contributed by atoms with E-state index in [2.05, 4.69) is 9.47 Å². The first-order chi connectivity index (χ1) is 19.3. The Kier molecular flexibility index (Phi) is 10.2. The zero-order valence-electron chi connectivity index (χ0n) is 22.6. The number of carbonyl (C=O) groups excluding carboxylic acids is 2. The molecule has 0 saturated heterocycles. The Bertz CT molecular complexity index is 1290. The van der Waals surface area contributed by atoms with Gasteiger partial charge >= 0.3 is 24.6 Å². The molecule has 1 aliphatic rings. The number of benzene rings is 2. The standard InChI is InChI=1S/C27H30O14/c1-13(2)11-35-26(33)37-16-8-20-17(21(9-16)41-27(34)36-12-14(3)4)10-18(28)23(38-20)15-5-6-19(39-24(29)30)22(7-15)40-25(31)32/h5-9,13-14,18,23,28H,10-12H2,1-4H3,(H,29,30)(H,31,32)/t18-,23-/m1/s1. The fraction of sp³-hybridized carbons (Fsp3) is 0.407. The maximum atomic E-state index is 12.3. The summed E-state index contributed by atoms with van der Waals surface area (Å²) < 4.78 is 35.9. The lowest BCUT2D eigenvalue weighted by Gasteiger charge is -2.32. The maximum Gasteiger partial charge on any atom is 0.513 e. The molecule has 0 aromatic heterocycles. The first-order valence-corrected chi connectivity index (χ1v) is 12.5. The first kappa shape index (κ1) is 30.8. The van der Waals surface area contributed by atoms with Crippen LogP contribution in [0.2, 0.25) is 0 Å². The van der Waals surface area contributed by atoms with Gasteiger partial charge in [0.15, 0.2) is 11.5 Å². The lowest BCUT2D eigenvalue weighted by atomic mass is 9.94. The minimum absolute atomic E-state index is 0.0371. The van der Waals surface area contributed by atoms with E-state index in [0.29, 0.717) is 0 Å². The Morgan fingerprint density at radius 1 is 0.805 bits per heavy atom. The zero-order valence-corrected chi connectivity index (χ0v) is 22.6. The Morgan fingerprint density at radius 3 is 1.98 bits per heavy atom. The number of ether oxygens (including phenoxy) is 7. The molecule has 0 bridgehead atoms. The van der Waals surface area contributed by atoms with Crippen molar-refractivity contribution in [2.24, 2.45) is 11.8 Å². The van der Waals surface area contributed by atoms with Crippen LogP contribution in [0.3, 0.4) is 0 Å². The minimum Gasteiger partial charge on any atom is -0.482 e. The van der Waals surface area contributed by atoms with Crippen molar-refractivity contribution in [1.82, 2.24) is 0 Å². The highest BCUT2D eigenvalue weighted by molar-refractivity contribution is 5.69. The molecular weight excluding hydrogens is 548 g/mol. The van der Waals surface area contributed by atoms with E-state index < -0.39 is 48.3 Å². The van der Waals surface area contributed by atoms with Crippen molar-refractivity contribution in [2.75, 3.05) is 13.2 Å². The van der Waals surface area contributed by atoms with Gasteiger partial charge in [0.05, 0.1) is 19.3 Å². The van der Waals surface area contributed by atoms with E-state index in [9.17, 15) is 24.3 Å². The van der Waals surface area contributed by atoms with Crippen molar-refractivity contribution in [3.63, 3.8) is 0 Å². The van der Waals surface area contributed by atoms with E-state index in [1.165, 1.54) is 18.2 Å². The van der Waals surface area contributed by atoms with Crippen molar-refractivity contribution in [3.05, 3.63) is 41.5 Å². The Morgan fingerprint density at radius 2 is 1.39 bits per heavy atom. The maximum absolute atomic E-state index is 12.3. The molecule has 0 unspecified atom stereocenters. The summed E-state index contributed by atoms with van der Waals surface area (Å²) in [6, 6.07) is 6.19. The van der Waals surface area contributed by atoms with Crippen molar-refractivity contribution >= 4 is 24.6 Å². The molecule has 1 aliphatic heterocycles. The van der Waals surface area contributed by atoms with Gasteiger partial charge in [-0.25, -0.2) is 19.2 Å². The fourth-order valence-corrected chi connectivity index (χ4v) is 3.64. The predicted molar refractivity (Wildman–Crippen MR) is 137 cm³/mol. The highest BCUT2D eigenvalue weighted by Gasteiger charge is 2.34. The number of rotatable bonds is 9. The van der Waals surface area contributed by atoms with Gasteiger partial charge in [-0.15, -0.1) is 0 Å². The topological polar surface area (TPSA) is 194 Å². The van der Waals surface area contributed by atoms with E-state index in [0.717, 1.165) is 12.1 Å². The molecule has 0 saturated carbocycles. The minimum atomic E-state index is -1.73. The molecule has 0 aliphatic carbocycles. The van der Waals surface area contributed by atoms with Gasteiger partial charge in [-0.05, 0) is 29.5 Å². The highest BCUT2D eigenvalue weighted by Crippen LogP contribution is 2.44. The van der Waals surface area contributed by atoms with Crippen molar-refractivity contribution in [2.45, 2.75) is 46.3 Å². The summed E-state index contributed by atoms with van der Waals surface area (Å²) in [5, 5.41) is 28.9. The molecule has 3 rings (SSSR count). The summed E-state index contributed by atoms with van der Waals surface area (Å²) in [4.78, 5) is 46.6. The molecule has 0 radical (unpaired) electrons. The molecule has 14 heteroatoms. The fourth-order valence-electron chi connectivity index (χ4n) is 3.64. The van der Waals surface area contributed by atoms with E-state index in [1.807, 2.05) is 27.7 Å². The molecule has 41 heavy (non-hydrogen) atoms. The van der Waals surface area contributed by atoms with Crippen molar-refractivity contribution < 1.29 is 67.7 Å². The van der Waals surface area contributed by atoms with Gasteiger partial charge in [-0.1, -0.05) is 33.8 Å². The van der Waals surface area contributed by atoms with Gasteiger partial charge in [0.2, 0.25) is 0 Å². The van der Waals surface area contributed by atoms with Crippen LogP contribution < -0.4 is 23.7 Å². The second-order valence-electron chi connectivity index (χ2n) is 9.76. The van der Waals surface area contributed by atoms with Gasteiger partial charge in [0, 0.05) is 24.1 Å². The number of carbonyl (C=O) groups is 4. The second-order valence-corrected chi connectivity index (χ2v) is 9.76. The van der Waals surface area contributed by atoms with Gasteiger partial charge in [-0.3, -0.25) is 0 Å². The quantitative estimate of drug-likeness (QED) is 0.260. The van der Waals surface area contributed by atoms with Crippen LogP contribution in [0.15, 0.2) is 30.3 Å². The number of hydrogen-bond donors (Lipinski definition) is 3. The van der Waals surface area contributed by atoms with E-state index in [4.69, 9.17) is 33.9 Å². The lowest BCUT2D eigenvalue weighted by molar-refractivity contribution is 0.0190. The van der Waals surface area contributed by atoms with Gasteiger partial charge in [0.1, 0.15) is 23.4 Å². The zero-order chi connectivity index (χ0) is 30.3. The largest absolute Gasteiger partial charge is 0.513 e. The summed E-state index contributed by atoms with van der Waals surface area (Å²) in [5.74, 6) is -0.905. The van der Waals surface area contributed by atoms with Gasteiger partial charge < -0.3 is 48.5 Å². The Balaban J connectivity index is 1.96. The summed E-state index contributed by atoms with van der Waals surface area (Å²) in [6.07, 6.45) is -7.98. The van der Waals surface area contributed by atoms with E-state index in [-0.39, 0.29) is 59.8 Å². The molecular formula is C27H30O14. The third kappa shape index (κ3) is 8.89. The van der Waals surface area contributed by atoms with Gasteiger partial charge in [0.25, 0.3) is 0 Å². The molecule has 0 spiro atoms. The van der Waals surface area contributed by atoms with Crippen LogP contribution in [0.4, 0.5) is 19.2 Å². The average Bonchev–Trinajstić information content (AvgIpc) is 2.87. The summed E-state index contributed by atoms with van der Waals surface area (Å²) >= 11 is 0. The second kappa shape index (κ2) is 13.6. The molecule has 1 heterocycles. The number of hydrogen-bond acceptors (Lipinski definition) is 12. The van der Waals surface area contributed by atoms with Crippen LogP contribution in [-0.4, -0.2) is 59.3 Å². The summed E-state index contributed by atoms with van der Waals surface area (Å²) in [6.45, 7) is 7.54.